The van der Waals surface area contributed by atoms with Crippen molar-refractivity contribution in [3.05, 3.63) is 45.5 Å². The topological polar surface area (TPSA) is 146 Å². The molecule has 0 amide bonds. The van der Waals surface area contributed by atoms with E-state index in [1.807, 2.05) is 53.7 Å². The zero-order valence-electron chi connectivity index (χ0n) is 37.0. The van der Waals surface area contributed by atoms with Gasteiger partial charge in [0.05, 0.1) is 0 Å². The van der Waals surface area contributed by atoms with E-state index in [0.29, 0.717) is 66.8 Å². The molecule has 0 aliphatic heterocycles. The highest BCUT2D eigenvalue weighted by atomic mass is 16.3. The first-order valence-electron chi connectivity index (χ1n) is 21.6. The van der Waals surface area contributed by atoms with Crippen molar-refractivity contribution < 1.29 is 30.6 Å². The Morgan fingerprint density at radius 1 is 0.500 bits per heavy atom. The van der Waals surface area contributed by atoms with Gasteiger partial charge in [0.1, 0.15) is 11.5 Å². The summed E-state index contributed by atoms with van der Waals surface area (Å²) in [6.07, 6.45) is 11.1. The Labute approximate surface area is 345 Å². The molecule has 0 bridgehead atoms. The number of phenols is 6. The number of benzene rings is 4. The predicted molar refractivity (Wildman–Crippen MR) is 240 cm³/mol. The van der Waals surface area contributed by atoms with Crippen molar-refractivity contribution in [2.45, 2.75) is 158 Å². The van der Waals surface area contributed by atoms with Crippen LogP contribution >= 0.6 is 0 Å². The number of aromatic hydroxyl groups is 6. The second-order valence-electron chi connectivity index (χ2n) is 20.3. The van der Waals surface area contributed by atoms with Crippen LogP contribution in [-0.2, 0) is 0 Å². The van der Waals surface area contributed by atoms with Crippen LogP contribution in [0.4, 0.5) is 0 Å². The summed E-state index contributed by atoms with van der Waals surface area (Å²) in [5.74, 6) is -0.620. The van der Waals surface area contributed by atoms with Gasteiger partial charge in [-0.15, -0.1) is 0 Å². The SMILES string of the molecule is Cc1cc2c(C(C)C)c(O)c(O)c(C=NC3CCC(C(C)(C)C)CC3)c2c(O)c1-c1c(C)cc2c(C(C)C)c(O)c(O)c(C=NC3CCC(C(C)(C)C)CC3)c2c1O. The number of rotatable bonds is 7. The Balaban J connectivity index is 1.56. The van der Waals surface area contributed by atoms with Crippen LogP contribution in [0.3, 0.4) is 0 Å². The summed E-state index contributed by atoms with van der Waals surface area (Å²) >= 11 is 0. The first-order valence-corrected chi connectivity index (χ1v) is 21.6. The monoisotopic (exact) mass is 793 g/mol. The lowest BCUT2D eigenvalue weighted by Gasteiger charge is -2.35. The Hall–Kier alpha value is -4.46. The minimum Gasteiger partial charge on any atom is -0.507 e. The molecule has 6 rings (SSSR count). The number of phenolic OH excluding ortho intramolecular Hbond substituents is 6. The molecule has 8 nitrogen and oxygen atoms in total. The number of hydrogen-bond acceptors (Lipinski definition) is 8. The number of hydrogen-bond donors (Lipinski definition) is 6. The van der Waals surface area contributed by atoms with E-state index in [9.17, 15) is 30.6 Å². The molecule has 0 aromatic heterocycles. The van der Waals surface area contributed by atoms with Crippen LogP contribution in [0.15, 0.2) is 22.1 Å². The smallest absolute Gasteiger partial charge is 0.167 e. The minimum absolute atomic E-state index is 0.0478. The van der Waals surface area contributed by atoms with E-state index < -0.39 is 0 Å². The summed E-state index contributed by atoms with van der Waals surface area (Å²) in [6.45, 7) is 25.1. The fourth-order valence-electron chi connectivity index (χ4n) is 10.2. The van der Waals surface area contributed by atoms with Gasteiger partial charge in [-0.05, 0) is 122 Å². The molecule has 8 heteroatoms. The van der Waals surface area contributed by atoms with Crippen molar-refractivity contribution in [3.63, 3.8) is 0 Å². The summed E-state index contributed by atoms with van der Waals surface area (Å²) in [6, 6.07) is 3.90. The highest BCUT2D eigenvalue weighted by Crippen LogP contribution is 2.54. The van der Waals surface area contributed by atoms with Crippen LogP contribution in [0.5, 0.6) is 34.5 Å². The van der Waals surface area contributed by atoms with Crippen molar-refractivity contribution in [1.82, 2.24) is 0 Å². The molecule has 0 radical (unpaired) electrons. The third-order valence-electron chi connectivity index (χ3n) is 13.7. The van der Waals surface area contributed by atoms with E-state index in [1.165, 1.54) is 0 Å². The molecule has 2 aliphatic carbocycles. The first kappa shape index (κ1) is 43.1. The zero-order valence-corrected chi connectivity index (χ0v) is 37.0. The number of aryl methyl sites for hydroxylation is 2. The maximum Gasteiger partial charge on any atom is 0.167 e. The molecular weight excluding hydrogens is 725 g/mol. The predicted octanol–water partition coefficient (Wildman–Crippen LogP) is 12.8. The highest BCUT2D eigenvalue weighted by Gasteiger charge is 2.33. The van der Waals surface area contributed by atoms with Crippen LogP contribution in [0.25, 0.3) is 32.7 Å². The van der Waals surface area contributed by atoms with Gasteiger partial charge in [-0.25, -0.2) is 0 Å². The average molecular weight is 793 g/mol. The van der Waals surface area contributed by atoms with Crippen molar-refractivity contribution >= 4 is 34.0 Å². The molecule has 2 fully saturated rings. The summed E-state index contributed by atoms with van der Waals surface area (Å²) in [7, 11) is 0. The number of fused-ring (bicyclic) bond motifs is 2. The molecule has 0 atom stereocenters. The number of aliphatic imine (C=N–C) groups is 2. The van der Waals surface area contributed by atoms with E-state index in [-0.39, 0.29) is 80.4 Å². The molecule has 0 spiro atoms. The number of nitrogens with zero attached hydrogens (tertiary/aromatic N) is 2. The fourth-order valence-corrected chi connectivity index (χ4v) is 10.2. The molecule has 0 saturated heterocycles. The molecular formula is C50H68N2O6. The largest absolute Gasteiger partial charge is 0.507 e. The van der Waals surface area contributed by atoms with Gasteiger partial charge in [-0.1, -0.05) is 81.4 Å². The van der Waals surface area contributed by atoms with Gasteiger partial charge >= 0.3 is 0 Å². The molecule has 0 unspecified atom stereocenters. The standard InChI is InChI=1S/C50H68N2O6/c1-25(2)37-33-21-27(5)39(45(55)41(33)35(43(53)47(37)57)23-51-31-17-13-29(14-18-31)49(7,8)9)40-28(6)22-34-38(26(3)4)48(58)44(54)36(42(34)46(40)56)24-52-32-19-15-30(16-20-32)50(10,11)12/h21-26,29-32,53-58H,13-20H2,1-12H3. The van der Waals surface area contributed by atoms with Gasteiger partial charge in [0.15, 0.2) is 23.0 Å². The lowest BCUT2D eigenvalue weighted by Crippen LogP contribution is -2.27. The van der Waals surface area contributed by atoms with E-state index >= 15 is 0 Å². The van der Waals surface area contributed by atoms with E-state index in [0.717, 1.165) is 51.4 Å². The Morgan fingerprint density at radius 2 is 0.810 bits per heavy atom. The molecule has 6 N–H and O–H groups in total. The van der Waals surface area contributed by atoms with Gasteiger partial charge in [-0.2, -0.15) is 0 Å². The Kier molecular flexibility index (Phi) is 11.9. The lowest BCUT2D eigenvalue weighted by molar-refractivity contribution is 0.170. The summed E-state index contributed by atoms with van der Waals surface area (Å²) in [5, 5.41) is 73.1. The highest BCUT2D eigenvalue weighted by molar-refractivity contribution is 6.15. The van der Waals surface area contributed by atoms with Crippen LogP contribution in [0.2, 0.25) is 0 Å². The van der Waals surface area contributed by atoms with Gasteiger partial charge in [-0.3, -0.25) is 9.98 Å². The maximum absolute atomic E-state index is 12.6. The van der Waals surface area contributed by atoms with Crippen molar-refractivity contribution in [1.29, 1.82) is 0 Å². The minimum atomic E-state index is -0.343. The molecule has 314 valence electrons. The summed E-state index contributed by atoms with van der Waals surface area (Å²) in [4.78, 5) is 9.89. The second-order valence-corrected chi connectivity index (χ2v) is 20.3. The van der Waals surface area contributed by atoms with Gasteiger partial charge < -0.3 is 30.6 Å². The lowest BCUT2D eigenvalue weighted by atomic mass is 9.71. The molecule has 58 heavy (non-hydrogen) atoms. The average Bonchev–Trinajstić information content (AvgIpc) is 3.13. The summed E-state index contributed by atoms with van der Waals surface area (Å²) in [5.41, 5.74) is 3.96. The second kappa shape index (κ2) is 16.0. The van der Waals surface area contributed by atoms with Gasteiger partial charge in [0.2, 0.25) is 0 Å². The van der Waals surface area contributed by atoms with Crippen molar-refractivity contribution in [2.24, 2.45) is 32.7 Å². The van der Waals surface area contributed by atoms with E-state index in [2.05, 4.69) is 41.5 Å². The van der Waals surface area contributed by atoms with Crippen LogP contribution < -0.4 is 0 Å². The quantitative estimate of drug-likeness (QED) is 0.0811. The Morgan fingerprint density at radius 3 is 1.09 bits per heavy atom. The van der Waals surface area contributed by atoms with Crippen molar-refractivity contribution in [2.75, 3.05) is 0 Å². The third kappa shape index (κ3) is 7.85. The Bertz CT molecular complexity index is 2110. The van der Waals surface area contributed by atoms with Crippen molar-refractivity contribution in [3.8, 4) is 45.6 Å². The van der Waals surface area contributed by atoms with E-state index in [1.54, 1.807) is 12.4 Å². The molecule has 2 aliphatic rings. The normalized spacial score (nSPS) is 21.1. The van der Waals surface area contributed by atoms with Crippen LogP contribution in [-0.4, -0.2) is 55.2 Å². The van der Waals surface area contributed by atoms with Crippen LogP contribution in [0, 0.1) is 36.5 Å². The molecule has 4 aromatic carbocycles. The molecule has 2 saturated carbocycles. The van der Waals surface area contributed by atoms with Crippen LogP contribution in [0.1, 0.15) is 166 Å². The molecule has 0 heterocycles. The molecule has 4 aromatic rings. The maximum atomic E-state index is 12.6. The first-order chi connectivity index (χ1) is 27.0. The van der Waals surface area contributed by atoms with Gasteiger partial charge in [0.25, 0.3) is 0 Å². The van der Waals surface area contributed by atoms with E-state index in [4.69, 9.17) is 9.98 Å². The summed E-state index contributed by atoms with van der Waals surface area (Å²) < 4.78 is 0. The fraction of sp³-hybridized carbons (Fsp3) is 0.560. The third-order valence-corrected chi connectivity index (χ3v) is 13.7. The van der Waals surface area contributed by atoms with Gasteiger partial charge in [0, 0.05) is 68.7 Å². The zero-order chi connectivity index (χ0) is 42.8.